The first-order valence-electron chi connectivity index (χ1n) is 7.11. The van der Waals surface area contributed by atoms with Crippen LogP contribution in [0.2, 0.25) is 0 Å². The van der Waals surface area contributed by atoms with E-state index < -0.39 is 69.6 Å². The second kappa shape index (κ2) is 5.68. The summed E-state index contributed by atoms with van der Waals surface area (Å²) >= 11 is 0. The molecule has 1 aliphatic carbocycles. The summed E-state index contributed by atoms with van der Waals surface area (Å²) in [7, 11) is 0. The summed E-state index contributed by atoms with van der Waals surface area (Å²) in [6, 6.07) is 0.804. The molecule has 0 saturated heterocycles. The largest absolute Gasteiger partial charge is 0.480 e. The van der Waals surface area contributed by atoms with Gasteiger partial charge in [0.1, 0.15) is 11.6 Å². The number of amides is 1. The number of nitrogens with two attached hydrogens (primary N) is 1. The van der Waals surface area contributed by atoms with Crippen molar-refractivity contribution in [3.63, 3.8) is 0 Å². The smallest absolute Gasteiger partial charge is 0.329 e. The fourth-order valence-corrected chi connectivity index (χ4v) is 2.99. The number of hydrogen-bond donors (Lipinski definition) is 2. The van der Waals surface area contributed by atoms with Crippen molar-refractivity contribution >= 4 is 23.4 Å². The Morgan fingerprint density at radius 3 is 2.08 bits per heavy atom. The molecule has 0 aliphatic heterocycles. The van der Waals surface area contributed by atoms with Gasteiger partial charge in [-0.05, 0) is 12.1 Å². The molecule has 9 heteroatoms. The number of alkyl halides is 1. The molecule has 25 heavy (non-hydrogen) atoms. The van der Waals surface area contributed by atoms with Crippen LogP contribution in [0.1, 0.15) is 36.2 Å². The Balaban J connectivity index is 2.84. The van der Waals surface area contributed by atoms with Crippen molar-refractivity contribution in [2.75, 3.05) is 0 Å². The number of carboxylic acids is 1. The molecule has 2 rings (SSSR count). The van der Waals surface area contributed by atoms with Gasteiger partial charge in [0.15, 0.2) is 17.7 Å². The molecule has 1 fully saturated rings. The molecule has 0 spiro atoms. The number of rotatable bonds is 3. The van der Waals surface area contributed by atoms with E-state index in [2.05, 4.69) is 0 Å². The van der Waals surface area contributed by atoms with Crippen LogP contribution in [0.15, 0.2) is 12.1 Å². The number of benzene rings is 1. The van der Waals surface area contributed by atoms with Crippen LogP contribution < -0.4 is 5.73 Å². The zero-order chi connectivity index (χ0) is 19.3. The second-order valence-electron chi connectivity index (χ2n) is 6.55. The van der Waals surface area contributed by atoms with Crippen LogP contribution in [0, 0.1) is 17.0 Å². The molecule has 1 aromatic rings. The topological polar surface area (TPSA) is 115 Å². The lowest BCUT2D eigenvalue weighted by atomic mass is 9.59. The molecule has 134 valence electrons. The number of Topliss-reactive ketones (excluding diaryl/α,β-unsaturated/α-hetero) is 2. The van der Waals surface area contributed by atoms with Crippen molar-refractivity contribution in [1.29, 1.82) is 0 Å². The molecule has 1 aliphatic rings. The Morgan fingerprint density at radius 1 is 1.20 bits per heavy atom. The number of halogens is 3. The van der Waals surface area contributed by atoms with Gasteiger partial charge in [0, 0.05) is 17.4 Å². The van der Waals surface area contributed by atoms with Crippen molar-refractivity contribution < 1.29 is 37.5 Å². The van der Waals surface area contributed by atoms with E-state index in [1.807, 2.05) is 0 Å². The highest BCUT2D eigenvalue weighted by Crippen LogP contribution is 2.45. The highest BCUT2D eigenvalue weighted by Gasteiger charge is 2.65. The molecule has 3 N–H and O–H groups in total. The maximum absolute atomic E-state index is 14.5. The average molecular weight is 357 g/mol. The maximum atomic E-state index is 14.5. The van der Waals surface area contributed by atoms with Gasteiger partial charge in [-0.2, -0.15) is 0 Å². The fourth-order valence-electron chi connectivity index (χ4n) is 2.99. The number of carbonyl (C=O) groups is 4. The molecule has 0 heterocycles. The van der Waals surface area contributed by atoms with Gasteiger partial charge in [0.05, 0.1) is 5.56 Å². The SMILES string of the molecule is CC1(C)CC(=O)C(C(=O)O)(c2c(F)cc(C(N)=O)cc2F)C(=O)C1F. The number of carboxylic acid groups (broad SMARTS) is 1. The number of carbonyl (C=O) groups excluding carboxylic acids is 3. The molecule has 6 nitrogen and oxygen atoms in total. The molecule has 1 aromatic carbocycles. The lowest BCUT2D eigenvalue weighted by molar-refractivity contribution is -0.162. The number of ketones is 2. The Morgan fingerprint density at radius 2 is 1.68 bits per heavy atom. The Kier molecular flexibility index (Phi) is 4.23. The third-order valence-electron chi connectivity index (χ3n) is 4.34. The standard InChI is InChI=1S/C16H14F3NO5/c1-15(2)5-9(21)16(14(24)25,12(22)11(15)19)10-7(17)3-6(13(20)23)4-8(10)18/h3-4,11H,5H2,1-2H3,(H2,20,23)(H,24,25). The van der Waals surface area contributed by atoms with Crippen LogP contribution in [0.25, 0.3) is 0 Å². The molecular formula is C16H14F3NO5. The first-order chi connectivity index (χ1) is 11.4. The van der Waals surface area contributed by atoms with Crippen LogP contribution in [-0.4, -0.2) is 34.7 Å². The second-order valence-corrected chi connectivity index (χ2v) is 6.55. The molecule has 0 aromatic heterocycles. The normalized spacial score (nSPS) is 25.7. The van der Waals surface area contributed by atoms with Crippen molar-refractivity contribution in [3.05, 3.63) is 34.9 Å². The van der Waals surface area contributed by atoms with Gasteiger partial charge in [-0.15, -0.1) is 0 Å². The van der Waals surface area contributed by atoms with E-state index in [1.54, 1.807) is 0 Å². The monoisotopic (exact) mass is 357 g/mol. The first-order valence-corrected chi connectivity index (χ1v) is 7.11. The van der Waals surface area contributed by atoms with Gasteiger partial charge in [0.25, 0.3) is 0 Å². The first kappa shape index (κ1) is 18.6. The van der Waals surface area contributed by atoms with Crippen molar-refractivity contribution in [2.24, 2.45) is 11.1 Å². The van der Waals surface area contributed by atoms with Crippen LogP contribution >= 0.6 is 0 Å². The van der Waals surface area contributed by atoms with Crippen LogP contribution in [-0.2, 0) is 19.8 Å². The maximum Gasteiger partial charge on any atom is 0.329 e. The predicted molar refractivity (Wildman–Crippen MR) is 77.5 cm³/mol. The lowest BCUT2D eigenvalue weighted by Gasteiger charge is -2.40. The van der Waals surface area contributed by atoms with Gasteiger partial charge < -0.3 is 10.8 Å². The molecule has 2 unspecified atom stereocenters. The highest BCUT2D eigenvalue weighted by molar-refractivity contribution is 6.30. The van der Waals surface area contributed by atoms with E-state index in [1.165, 1.54) is 13.8 Å². The summed E-state index contributed by atoms with van der Waals surface area (Å²) in [6.45, 7) is 2.45. The predicted octanol–water partition coefficient (Wildman–Crippen LogP) is 1.29. The fraction of sp³-hybridized carbons (Fsp3) is 0.375. The number of aliphatic carboxylic acids is 1. The minimum Gasteiger partial charge on any atom is -0.480 e. The lowest BCUT2D eigenvalue weighted by Crippen LogP contribution is -2.62. The number of primary amides is 1. The number of hydrogen-bond acceptors (Lipinski definition) is 4. The highest BCUT2D eigenvalue weighted by atomic mass is 19.1. The van der Waals surface area contributed by atoms with E-state index in [9.17, 15) is 37.5 Å². The molecule has 0 bridgehead atoms. The summed E-state index contributed by atoms with van der Waals surface area (Å²) in [5.41, 5.74) is -2.03. The Bertz CT molecular complexity index is 797. The quantitative estimate of drug-likeness (QED) is 0.791. The van der Waals surface area contributed by atoms with Crippen LogP contribution in [0.3, 0.4) is 0 Å². The minimum absolute atomic E-state index is 0.402. The van der Waals surface area contributed by atoms with E-state index >= 15 is 0 Å². The Hall–Kier alpha value is -2.71. The van der Waals surface area contributed by atoms with Gasteiger partial charge in [-0.1, -0.05) is 13.8 Å². The molecule has 2 atom stereocenters. The van der Waals surface area contributed by atoms with Crippen molar-refractivity contribution in [2.45, 2.75) is 31.9 Å². The zero-order valence-electron chi connectivity index (χ0n) is 13.2. The Labute approximate surface area is 139 Å². The molecule has 1 amide bonds. The summed E-state index contributed by atoms with van der Waals surface area (Å²) in [5.74, 6) is -9.79. The molecular weight excluding hydrogens is 343 g/mol. The molecule has 1 saturated carbocycles. The van der Waals surface area contributed by atoms with Crippen LogP contribution in [0.5, 0.6) is 0 Å². The summed E-state index contributed by atoms with van der Waals surface area (Å²) in [5, 5.41) is 9.47. The van der Waals surface area contributed by atoms with Crippen molar-refractivity contribution in [1.82, 2.24) is 0 Å². The van der Waals surface area contributed by atoms with Crippen LogP contribution in [0.4, 0.5) is 13.2 Å². The zero-order valence-corrected chi connectivity index (χ0v) is 13.2. The third-order valence-corrected chi connectivity index (χ3v) is 4.34. The van der Waals surface area contributed by atoms with E-state index in [0.717, 1.165) is 0 Å². The van der Waals surface area contributed by atoms with Gasteiger partial charge >= 0.3 is 5.97 Å². The summed E-state index contributed by atoms with van der Waals surface area (Å²) in [6.07, 6.45) is -3.15. The van der Waals surface area contributed by atoms with Gasteiger partial charge in [-0.3, -0.25) is 19.2 Å². The van der Waals surface area contributed by atoms with Crippen molar-refractivity contribution in [3.8, 4) is 0 Å². The average Bonchev–Trinajstić information content (AvgIpc) is 2.46. The minimum atomic E-state index is -3.36. The third kappa shape index (κ3) is 2.50. The van der Waals surface area contributed by atoms with E-state index in [-0.39, 0.29) is 0 Å². The van der Waals surface area contributed by atoms with Gasteiger partial charge in [-0.25, -0.2) is 13.2 Å². The van der Waals surface area contributed by atoms with E-state index in [0.29, 0.717) is 12.1 Å². The van der Waals surface area contributed by atoms with E-state index in [4.69, 9.17) is 5.73 Å². The summed E-state index contributed by atoms with van der Waals surface area (Å²) < 4.78 is 43.2. The molecule has 0 radical (unpaired) electrons. The van der Waals surface area contributed by atoms with Gasteiger partial charge in [0.2, 0.25) is 11.3 Å². The summed E-state index contributed by atoms with van der Waals surface area (Å²) in [4.78, 5) is 47.7.